The van der Waals surface area contributed by atoms with Crippen LogP contribution in [0.2, 0.25) is 0 Å². The first-order chi connectivity index (χ1) is 9.06. The Morgan fingerprint density at radius 3 is 2.58 bits per heavy atom. The Hall–Kier alpha value is -1.78. The third kappa shape index (κ3) is 3.59. The smallest absolute Gasteiger partial charge is 0.223 e. The molecule has 1 saturated carbocycles. The van der Waals surface area contributed by atoms with E-state index in [1.54, 1.807) is 0 Å². The third-order valence-corrected chi connectivity index (χ3v) is 3.38. The number of halogens is 2. The van der Waals surface area contributed by atoms with Crippen molar-refractivity contribution in [2.75, 3.05) is 0 Å². The molecule has 0 atom stereocenters. The van der Waals surface area contributed by atoms with E-state index in [-0.39, 0.29) is 29.7 Å². The second-order valence-corrected chi connectivity index (χ2v) is 4.77. The van der Waals surface area contributed by atoms with Crippen LogP contribution in [0, 0.1) is 17.6 Å². The molecule has 0 saturated heterocycles. The van der Waals surface area contributed by atoms with Crippen LogP contribution >= 0.6 is 0 Å². The average molecular weight is 267 g/mol. The number of ketones is 1. The van der Waals surface area contributed by atoms with E-state index in [2.05, 4.69) is 5.32 Å². The molecule has 2 rings (SSSR count). The van der Waals surface area contributed by atoms with Crippen LogP contribution in [0.1, 0.15) is 31.2 Å². The molecule has 1 aromatic rings. The zero-order valence-corrected chi connectivity index (χ0v) is 10.4. The highest BCUT2D eigenvalue weighted by Crippen LogP contribution is 2.21. The number of nitrogens with one attached hydrogen (secondary N) is 1. The summed E-state index contributed by atoms with van der Waals surface area (Å²) in [5.41, 5.74) is 0.252. The van der Waals surface area contributed by atoms with Crippen molar-refractivity contribution in [1.29, 1.82) is 0 Å². The molecule has 1 fully saturated rings. The SMILES string of the molecule is O=C1CCC(C(=O)NCc2ccc(F)cc2F)CC1. The fourth-order valence-corrected chi connectivity index (χ4v) is 2.19. The summed E-state index contributed by atoms with van der Waals surface area (Å²) in [6.45, 7) is 0.0371. The predicted molar refractivity (Wildman–Crippen MR) is 65.2 cm³/mol. The van der Waals surface area contributed by atoms with Gasteiger partial charge in [0, 0.05) is 36.9 Å². The zero-order valence-electron chi connectivity index (χ0n) is 10.4. The average Bonchev–Trinajstić information content (AvgIpc) is 2.38. The summed E-state index contributed by atoms with van der Waals surface area (Å²) in [5.74, 6) is -1.47. The lowest BCUT2D eigenvalue weighted by molar-refractivity contribution is -0.128. The quantitative estimate of drug-likeness (QED) is 0.913. The molecule has 1 amide bonds. The molecule has 0 aromatic heterocycles. The number of carbonyl (C=O) groups excluding carboxylic acids is 2. The van der Waals surface area contributed by atoms with Crippen LogP contribution in [0.15, 0.2) is 18.2 Å². The lowest BCUT2D eigenvalue weighted by atomic mass is 9.88. The van der Waals surface area contributed by atoms with Crippen molar-refractivity contribution in [2.45, 2.75) is 32.2 Å². The molecule has 1 aromatic carbocycles. The Labute approximate surface area is 110 Å². The normalized spacial score (nSPS) is 16.4. The molecule has 1 N–H and O–H groups in total. The number of rotatable bonds is 3. The molecule has 0 spiro atoms. The fraction of sp³-hybridized carbons (Fsp3) is 0.429. The molecule has 0 heterocycles. The highest BCUT2D eigenvalue weighted by molar-refractivity contribution is 5.84. The minimum Gasteiger partial charge on any atom is -0.352 e. The number of amides is 1. The largest absolute Gasteiger partial charge is 0.352 e. The lowest BCUT2D eigenvalue weighted by Crippen LogP contribution is -2.33. The summed E-state index contributed by atoms with van der Waals surface area (Å²) in [6, 6.07) is 3.26. The van der Waals surface area contributed by atoms with E-state index >= 15 is 0 Å². The Morgan fingerprint density at radius 2 is 1.95 bits per heavy atom. The number of benzene rings is 1. The van der Waals surface area contributed by atoms with Gasteiger partial charge in [0.15, 0.2) is 0 Å². The van der Waals surface area contributed by atoms with Crippen LogP contribution < -0.4 is 5.32 Å². The second kappa shape index (κ2) is 5.91. The molecule has 1 aliphatic rings. The third-order valence-electron chi connectivity index (χ3n) is 3.38. The second-order valence-electron chi connectivity index (χ2n) is 4.77. The number of Topliss-reactive ketones (excluding diaryl/α,β-unsaturated/α-hetero) is 1. The van der Waals surface area contributed by atoms with E-state index in [0.29, 0.717) is 25.7 Å². The van der Waals surface area contributed by atoms with Crippen LogP contribution in [-0.2, 0) is 16.1 Å². The van der Waals surface area contributed by atoms with E-state index in [1.165, 1.54) is 6.07 Å². The van der Waals surface area contributed by atoms with E-state index in [4.69, 9.17) is 0 Å². The van der Waals surface area contributed by atoms with Gasteiger partial charge in [-0.05, 0) is 18.9 Å². The zero-order chi connectivity index (χ0) is 13.8. The molecule has 0 bridgehead atoms. The standard InChI is InChI=1S/C14H15F2NO2/c15-11-4-1-10(13(16)7-11)8-17-14(19)9-2-5-12(18)6-3-9/h1,4,7,9H,2-3,5-6,8H2,(H,17,19). The Morgan fingerprint density at radius 1 is 1.26 bits per heavy atom. The van der Waals surface area contributed by atoms with Crippen LogP contribution in [0.5, 0.6) is 0 Å². The summed E-state index contributed by atoms with van der Waals surface area (Å²) in [6.07, 6.45) is 1.97. The van der Waals surface area contributed by atoms with Gasteiger partial charge in [0.1, 0.15) is 17.4 Å². The van der Waals surface area contributed by atoms with Gasteiger partial charge in [-0.3, -0.25) is 9.59 Å². The summed E-state index contributed by atoms with van der Waals surface area (Å²) >= 11 is 0. The summed E-state index contributed by atoms with van der Waals surface area (Å²) in [5, 5.41) is 2.63. The molecule has 3 nitrogen and oxygen atoms in total. The Kier molecular flexibility index (Phi) is 4.24. The van der Waals surface area contributed by atoms with Gasteiger partial charge in [0.2, 0.25) is 5.91 Å². The topological polar surface area (TPSA) is 46.2 Å². The summed E-state index contributed by atoms with van der Waals surface area (Å²) in [4.78, 5) is 22.9. The summed E-state index contributed by atoms with van der Waals surface area (Å²) in [7, 11) is 0. The molecule has 1 aliphatic carbocycles. The highest BCUT2D eigenvalue weighted by Gasteiger charge is 2.24. The van der Waals surface area contributed by atoms with Crippen LogP contribution in [-0.4, -0.2) is 11.7 Å². The van der Waals surface area contributed by atoms with Crippen LogP contribution in [0.25, 0.3) is 0 Å². The van der Waals surface area contributed by atoms with Crippen LogP contribution in [0.4, 0.5) is 8.78 Å². The Bertz CT molecular complexity index is 492. The van der Waals surface area contributed by atoms with Gasteiger partial charge in [-0.1, -0.05) is 6.07 Å². The molecule has 0 aliphatic heterocycles. The first kappa shape index (κ1) is 13.6. The minimum absolute atomic E-state index is 0.0371. The molecular formula is C14H15F2NO2. The van der Waals surface area contributed by atoms with Crippen molar-refractivity contribution >= 4 is 11.7 Å². The Balaban J connectivity index is 1.88. The minimum atomic E-state index is -0.667. The van der Waals surface area contributed by atoms with Crippen molar-refractivity contribution in [1.82, 2.24) is 5.32 Å². The summed E-state index contributed by atoms with van der Waals surface area (Å²) < 4.78 is 26.1. The molecule has 19 heavy (non-hydrogen) atoms. The van der Waals surface area contributed by atoms with Crippen molar-refractivity contribution in [3.8, 4) is 0 Å². The fourth-order valence-electron chi connectivity index (χ4n) is 2.19. The monoisotopic (exact) mass is 267 g/mol. The number of carbonyl (C=O) groups is 2. The maximum absolute atomic E-state index is 13.4. The molecule has 0 unspecified atom stereocenters. The van der Waals surface area contributed by atoms with Gasteiger partial charge in [-0.15, -0.1) is 0 Å². The van der Waals surface area contributed by atoms with Crippen molar-refractivity contribution in [2.24, 2.45) is 5.92 Å². The van der Waals surface area contributed by atoms with Gasteiger partial charge in [-0.2, -0.15) is 0 Å². The van der Waals surface area contributed by atoms with Crippen LogP contribution in [0.3, 0.4) is 0 Å². The van der Waals surface area contributed by atoms with E-state index in [9.17, 15) is 18.4 Å². The molecule has 102 valence electrons. The maximum atomic E-state index is 13.4. The van der Waals surface area contributed by atoms with Gasteiger partial charge in [0.25, 0.3) is 0 Å². The number of hydrogen-bond donors (Lipinski definition) is 1. The van der Waals surface area contributed by atoms with E-state index in [1.807, 2.05) is 0 Å². The maximum Gasteiger partial charge on any atom is 0.223 e. The van der Waals surface area contributed by atoms with E-state index < -0.39 is 11.6 Å². The molecule has 5 heteroatoms. The van der Waals surface area contributed by atoms with Gasteiger partial charge < -0.3 is 5.32 Å². The first-order valence-electron chi connectivity index (χ1n) is 6.29. The first-order valence-corrected chi connectivity index (χ1v) is 6.29. The van der Waals surface area contributed by atoms with Gasteiger partial charge >= 0.3 is 0 Å². The highest BCUT2D eigenvalue weighted by atomic mass is 19.1. The lowest BCUT2D eigenvalue weighted by Gasteiger charge is -2.20. The predicted octanol–water partition coefficient (Wildman–Crippen LogP) is 2.34. The van der Waals surface area contributed by atoms with Crippen molar-refractivity contribution in [3.63, 3.8) is 0 Å². The van der Waals surface area contributed by atoms with Crippen molar-refractivity contribution < 1.29 is 18.4 Å². The number of hydrogen-bond acceptors (Lipinski definition) is 2. The van der Waals surface area contributed by atoms with Gasteiger partial charge in [0.05, 0.1) is 0 Å². The van der Waals surface area contributed by atoms with Gasteiger partial charge in [-0.25, -0.2) is 8.78 Å². The molecule has 0 radical (unpaired) electrons. The van der Waals surface area contributed by atoms with E-state index in [0.717, 1.165) is 12.1 Å². The van der Waals surface area contributed by atoms with Crippen molar-refractivity contribution in [3.05, 3.63) is 35.4 Å². The molecular weight excluding hydrogens is 252 g/mol.